The summed E-state index contributed by atoms with van der Waals surface area (Å²) in [5.41, 5.74) is 9.12. The molecule has 0 aliphatic carbocycles. The van der Waals surface area contributed by atoms with Crippen LogP contribution in [0.1, 0.15) is 34.0 Å². The first-order valence-corrected chi connectivity index (χ1v) is 9.08. The summed E-state index contributed by atoms with van der Waals surface area (Å²) in [5.74, 6) is 1.25. The van der Waals surface area contributed by atoms with Gasteiger partial charge in [-0.15, -0.1) is 24.0 Å². The fourth-order valence-electron chi connectivity index (χ4n) is 2.63. The number of aryl methyl sites for hydroxylation is 1. The Kier molecular flexibility index (Phi) is 10.4. The number of benzene rings is 2. The standard InChI is InChI=1S/C21H28N4O2.HI/c1-4-23-21(25-14-17-7-9-18(10-8-17)20(22)26)24-12-11-16-6-5-15(2)19(13-16)27-3;/h5-10,13H,4,11-12,14H2,1-3H3,(H2,22,26)(H2,23,24,25);1H. The van der Waals surface area contributed by atoms with Crippen LogP contribution in [0.25, 0.3) is 0 Å². The molecule has 0 fully saturated rings. The normalized spacial score (nSPS) is 10.8. The fraction of sp³-hybridized carbons (Fsp3) is 0.333. The Bertz CT molecular complexity index is 791. The Morgan fingerprint density at radius 1 is 1.11 bits per heavy atom. The smallest absolute Gasteiger partial charge is 0.248 e. The Balaban J connectivity index is 0.00000392. The Morgan fingerprint density at radius 2 is 1.79 bits per heavy atom. The quantitative estimate of drug-likeness (QED) is 0.298. The van der Waals surface area contributed by atoms with Gasteiger partial charge in [-0.1, -0.05) is 24.3 Å². The largest absolute Gasteiger partial charge is 0.496 e. The molecule has 0 aliphatic heterocycles. The molecule has 0 heterocycles. The number of hydrogen-bond acceptors (Lipinski definition) is 3. The van der Waals surface area contributed by atoms with Crippen molar-refractivity contribution in [2.24, 2.45) is 10.7 Å². The lowest BCUT2D eigenvalue weighted by Gasteiger charge is -2.12. The van der Waals surface area contributed by atoms with Gasteiger partial charge < -0.3 is 21.1 Å². The molecule has 0 unspecified atom stereocenters. The van der Waals surface area contributed by atoms with Crippen LogP contribution in [0.2, 0.25) is 0 Å². The predicted octanol–water partition coefficient (Wildman–Crippen LogP) is 3.02. The predicted molar refractivity (Wildman–Crippen MR) is 125 cm³/mol. The highest BCUT2D eigenvalue weighted by molar-refractivity contribution is 14.0. The average molecular weight is 496 g/mol. The van der Waals surface area contributed by atoms with Crippen LogP contribution in [0.4, 0.5) is 0 Å². The number of nitrogens with zero attached hydrogens (tertiary/aromatic N) is 1. The van der Waals surface area contributed by atoms with E-state index in [1.807, 2.05) is 26.0 Å². The van der Waals surface area contributed by atoms with Crippen molar-refractivity contribution in [3.8, 4) is 5.75 Å². The SMILES string of the molecule is CCNC(=NCc1ccc(C(N)=O)cc1)NCCc1ccc(C)c(OC)c1.I. The molecule has 2 aromatic carbocycles. The van der Waals surface area contributed by atoms with Crippen LogP contribution in [0.5, 0.6) is 5.75 Å². The van der Waals surface area contributed by atoms with Crippen LogP contribution in [-0.4, -0.2) is 32.1 Å². The molecule has 0 saturated heterocycles. The molecule has 6 nitrogen and oxygen atoms in total. The Morgan fingerprint density at radius 3 is 2.39 bits per heavy atom. The minimum Gasteiger partial charge on any atom is -0.496 e. The van der Waals surface area contributed by atoms with E-state index in [-0.39, 0.29) is 24.0 Å². The number of rotatable bonds is 8. The summed E-state index contributed by atoms with van der Waals surface area (Å²) >= 11 is 0. The first-order chi connectivity index (χ1) is 13.0. The zero-order valence-electron chi connectivity index (χ0n) is 16.6. The molecule has 2 rings (SSSR count). The van der Waals surface area contributed by atoms with E-state index in [4.69, 9.17) is 10.5 Å². The molecule has 7 heteroatoms. The number of carbonyl (C=O) groups excluding carboxylic acids is 1. The maximum atomic E-state index is 11.1. The number of methoxy groups -OCH3 is 1. The first kappa shape index (κ1) is 23.7. The molecule has 0 saturated carbocycles. The van der Waals surface area contributed by atoms with Gasteiger partial charge in [-0.25, -0.2) is 4.99 Å². The molecule has 0 atom stereocenters. The number of nitrogens with one attached hydrogen (secondary N) is 2. The van der Waals surface area contributed by atoms with Gasteiger partial charge in [0.2, 0.25) is 5.91 Å². The van der Waals surface area contributed by atoms with E-state index in [1.54, 1.807) is 19.2 Å². The zero-order valence-corrected chi connectivity index (χ0v) is 18.9. The van der Waals surface area contributed by atoms with Gasteiger partial charge in [0, 0.05) is 18.7 Å². The van der Waals surface area contributed by atoms with Gasteiger partial charge in [-0.2, -0.15) is 0 Å². The number of carbonyl (C=O) groups is 1. The highest BCUT2D eigenvalue weighted by Gasteiger charge is 2.03. The van der Waals surface area contributed by atoms with Gasteiger partial charge in [0.05, 0.1) is 13.7 Å². The number of amides is 1. The topological polar surface area (TPSA) is 88.7 Å². The molecular formula is C21H29IN4O2. The highest BCUT2D eigenvalue weighted by Crippen LogP contribution is 2.19. The molecule has 28 heavy (non-hydrogen) atoms. The minimum absolute atomic E-state index is 0. The third-order valence-corrected chi connectivity index (χ3v) is 4.18. The van der Waals surface area contributed by atoms with Crippen molar-refractivity contribution in [1.82, 2.24) is 10.6 Å². The number of nitrogens with two attached hydrogens (primary N) is 1. The fourth-order valence-corrected chi connectivity index (χ4v) is 2.63. The van der Waals surface area contributed by atoms with E-state index in [0.717, 1.165) is 42.3 Å². The average Bonchev–Trinajstić information content (AvgIpc) is 2.67. The molecule has 0 bridgehead atoms. The van der Waals surface area contributed by atoms with E-state index in [9.17, 15) is 4.79 Å². The zero-order chi connectivity index (χ0) is 19.6. The maximum Gasteiger partial charge on any atom is 0.248 e. The Hall–Kier alpha value is -2.29. The van der Waals surface area contributed by atoms with Crippen LogP contribution in [0, 0.1) is 6.92 Å². The summed E-state index contributed by atoms with van der Waals surface area (Å²) in [4.78, 5) is 15.7. The van der Waals surface area contributed by atoms with Gasteiger partial charge in [-0.3, -0.25) is 4.79 Å². The van der Waals surface area contributed by atoms with Crippen molar-refractivity contribution in [3.63, 3.8) is 0 Å². The molecular weight excluding hydrogens is 467 g/mol. The van der Waals surface area contributed by atoms with Crippen molar-refractivity contribution in [2.45, 2.75) is 26.8 Å². The molecule has 4 N–H and O–H groups in total. The van der Waals surface area contributed by atoms with Crippen molar-refractivity contribution in [2.75, 3.05) is 20.2 Å². The Labute approximate surface area is 184 Å². The van der Waals surface area contributed by atoms with Gasteiger partial charge in [-0.05, 0) is 55.2 Å². The van der Waals surface area contributed by atoms with Crippen molar-refractivity contribution in [3.05, 3.63) is 64.7 Å². The summed E-state index contributed by atoms with van der Waals surface area (Å²) in [7, 11) is 1.69. The van der Waals surface area contributed by atoms with Crippen molar-refractivity contribution in [1.29, 1.82) is 0 Å². The second-order valence-corrected chi connectivity index (χ2v) is 6.24. The van der Waals surface area contributed by atoms with E-state index >= 15 is 0 Å². The second-order valence-electron chi connectivity index (χ2n) is 6.24. The molecule has 2 aromatic rings. The molecule has 1 amide bonds. The van der Waals surface area contributed by atoms with Crippen LogP contribution in [0.3, 0.4) is 0 Å². The summed E-state index contributed by atoms with van der Waals surface area (Å²) in [6.07, 6.45) is 0.869. The summed E-state index contributed by atoms with van der Waals surface area (Å²) in [5, 5.41) is 6.59. The summed E-state index contributed by atoms with van der Waals surface area (Å²) < 4.78 is 5.38. The second kappa shape index (κ2) is 12.2. The van der Waals surface area contributed by atoms with E-state index in [1.165, 1.54) is 5.56 Å². The first-order valence-electron chi connectivity index (χ1n) is 9.08. The van der Waals surface area contributed by atoms with Crippen LogP contribution in [-0.2, 0) is 13.0 Å². The number of ether oxygens (including phenoxy) is 1. The number of hydrogen-bond donors (Lipinski definition) is 3. The summed E-state index contributed by atoms with van der Waals surface area (Å²) in [6, 6.07) is 13.4. The van der Waals surface area contributed by atoms with E-state index in [0.29, 0.717) is 12.1 Å². The third-order valence-electron chi connectivity index (χ3n) is 4.18. The van der Waals surface area contributed by atoms with Gasteiger partial charge in [0.15, 0.2) is 5.96 Å². The van der Waals surface area contributed by atoms with Crippen molar-refractivity contribution >= 4 is 35.8 Å². The molecule has 0 aliphatic rings. The summed E-state index contributed by atoms with van der Waals surface area (Å²) in [6.45, 7) is 6.13. The van der Waals surface area contributed by atoms with Crippen molar-refractivity contribution < 1.29 is 9.53 Å². The van der Waals surface area contributed by atoms with Crippen LogP contribution < -0.4 is 21.1 Å². The number of halogens is 1. The van der Waals surface area contributed by atoms with E-state index in [2.05, 4.69) is 33.8 Å². The van der Waals surface area contributed by atoms with Gasteiger partial charge in [0.25, 0.3) is 0 Å². The van der Waals surface area contributed by atoms with Gasteiger partial charge >= 0.3 is 0 Å². The molecule has 0 radical (unpaired) electrons. The lowest BCUT2D eigenvalue weighted by molar-refractivity contribution is 0.100. The molecule has 152 valence electrons. The minimum atomic E-state index is -0.423. The number of aliphatic imine (C=N–C) groups is 1. The van der Waals surface area contributed by atoms with E-state index < -0.39 is 5.91 Å². The van der Waals surface area contributed by atoms with Crippen LogP contribution in [0.15, 0.2) is 47.5 Å². The third kappa shape index (κ3) is 7.38. The number of primary amides is 1. The molecule has 0 aromatic heterocycles. The lowest BCUT2D eigenvalue weighted by atomic mass is 10.1. The maximum absolute atomic E-state index is 11.1. The number of guanidine groups is 1. The van der Waals surface area contributed by atoms with Gasteiger partial charge in [0.1, 0.15) is 5.75 Å². The van der Waals surface area contributed by atoms with Crippen LogP contribution >= 0.6 is 24.0 Å². The highest BCUT2D eigenvalue weighted by atomic mass is 127. The lowest BCUT2D eigenvalue weighted by Crippen LogP contribution is -2.38. The molecule has 0 spiro atoms. The monoisotopic (exact) mass is 496 g/mol.